The normalized spacial score (nSPS) is 17.2. The summed E-state index contributed by atoms with van der Waals surface area (Å²) in [5.41, 5.74) is 0.870. The number of hydrogen-bond acceptors (Lipinski definition) is 4. The van der Waals surface area contributed by atoms with Crippen molar-refractivity contribution in [2.24, 2.45) is 5.92 Å². The molecular weight excluding hydrogens is 246 g/mol. The second kappa shape index (κ2) is 5.18. The fraction of sp³-hybridized carbons (Fsp3) is 0.538. The predicted molar refractivity (Wildman–Crippen MR) is 73.3 cm³/mol. The van der Waals surface area contributed by atoms with E-state index in [1.54, 1.807) is 7.11 Å². The van der Waals surface area contributed by atoms with Gasteiger partial charge in [-0.2, -0.15) is 11.8 Å². The van der Waals surface area contributed by atoms with Crippen molar-refractivity contribution in [2.75, 3.05) is 18.6 Å². The van der Waals surface area contributed by atoms with Crippen LogP contribution in [0.1, 0.15) is 18.7 Å². The van der Waals surface area contributed by atoms with Gasteiger partial charge in [0.25, 0.3) is 0 Å². The molecule has 0 N–H and O–H groups in total. The van der Waals surface area contributed by atoms with Crippen molar-refractivity contribution in [1.82, 2.24) is 14.6 Å². The first kappa shape index (κ1) is 11.8. The number of fused-ring (bicyclic) bond motifs is 1. The van der Waals surface area contributed by atoms with Gasteiger partial charge in [-0.3, -0.25) is 0 Å². The second-order valence-corrected chi connectivity index (χ2v) is 5.86. The largest absolute Gasteiger partial charge is 0.482 e. The molecule has 0 atom stereocenters. The molecule has 1 fully saturated rings. The Labute approximate surface area is 111 Å². The van der Waals surface area contributed by atoms with E-state index in [0.29, 0.717) is 0 Å². The van der Waals surface area contributed by atoms with E-state index in [1.165, 1.54) is 24.3 Å². The minimum atomic E-state index is 0.739. The van der Waals surface area contributed by atoms with Gasteiger partial charge in [-0.1, -0.05) is 6.07 Å². The van der Waals surface area contributed by atoms with Gasteiger partial charge in [0.1, 0.15) is 5.82 Å². The maximum atomic E-state index is 5.39. The van der Waals surface area contributed by atoms with Gasteiger partial charge in [-0.05, 0) is 42.4 Å². The van der Waals surface area contributed by atoms with Gasteiger partial charge in [0.15, 0.2) is 5.65 Å². The maximum absolute atomic E-state index is 5.39. The van der Waals surface area contributed by atoms with E-state index >= 15 is 0 Å². The summed E-state index contributed by atoms with van der Waals surface area (Å²) in [6, 6.07) is 5.87. The number of thioether (sulfide) groups is 1. The van der Waals surface area contributed by atoms with Gasteiger partial charge in [0, 0.05) is 6.42 Å². The summed E-state index contributed by atoms with van der Waals surface area (Å²) in [6.07, 6.45) is 3.57. The molecule has 96 valence electrons. The Morgan fingerprint density at radius 2 is 2.17 bits per heavy atom. The third kappa shape index (κ3) is 2.19. The lowest BCUT2D eigenvalue weighted by Gasteiger charge is -2.20. The summed E-state index contributed by atoms with van der Waals surface area (Å²) >= 11 is 2.06. The monoisotopic (exact) mass is 263 g/mol. The molecule has 2 aromatic rings. The summed E-state index contributed by atoms with van der Waals surface area (Å²) in [7, 11) is 1.69. The van der Waals surface area contributed by atoms with Crippen LogP contribution in [0.15, 0.2) is 18.2 Å². The lowest BCUT2D eigenvalue weighted by Crippen LogP contribution is -2.14. The molecule has 2 aromatic heterocycles. The average molecular weight is 263 g/mol. The van der Waals surface area contributed by atoms with Crippen LogP contribution in [-0.2, 0) is 6.42 Å². The standard InChI is InChI=1S/C13H17N3OS/c1-17-13-4-2-3-11-14-15-12(16(11)13)9-10-5-7-18-8-6-10/h2-4,10H,5-9H2,1H3. The van der Waals surface area contributed by atoms with Crippen molar-refractivity contribution < 1.29 is 4.74 Å². The van der Waals surface area contributed by atoms with Gasteiger partial charge in [0.2, 0.25) is 5.88 Å². The van der Waals surface area contributed by atoms with Crippen LogP contribution in [0.2, 0.25) is 0 Å². The van der Waals surface area contributed by atoms with E-state index < -0.39 is 0 Å². The van der Waals surface area contributed by atoms with Gasteiger partial charge < -0.3 is 4.74 Å². The predicted octanol–water partition coefficient (Wildman–Crippen LogP) is 2.42. The van der Waals surface area contributed by atoms with E-state index in [-0.39, 0.29) is 0 Å². The number of ether oxygens (including phenoxy) is 1. The molecule has 1 saturated heterocycles. The SMILES string of the molecule is COc1cccc2nnc(CC3CCSCC3)n12. The molecule has 1 aliphatic rings. The van der Waals surface area contributed by atoms with E-state index in [2.05, 4.69) is 22.0 Å². The Bertz CT molecular complexity index is 534. The van der Waals surface area contributed by atoms with E-state index in [4.69, 9.17) is 4.74 Å². The lowest BCUT2D eigenvalue weighted by atomic mass is 9.98. The molecular formula is C13H17N3OS. The second-order valence-electron chi connectivity index (χ2n) is 4.64. The average Bonchev–Trinajstić information content (AvgIpc) is 2.83. The zero-order valence-corrected chi connectivity index (χ0v) is 11.3. The van der Waals surface area contributed by atoms with Crippen molar-refractivity contribution in [3.63, 3.8) is 0 Å². The number of hydrogen-bond donors (Lipinski definition) is 0. The molecule has 0 unspecified atom stereocenters. The molecule has 0 aliphatic carbocycles. The molecule has 0 bridgehead atoms. The van der Waals surface area contributed by atoms with Gasteiger partial charge in [0.05, 0.1) is 7.11 Å². The molecule has 0 amide bonds. The van der Waals surface area contributed by atoms with Crippen molar-refractivity contribution >= 4 is 17.4 Å². The number of methoxy groups -OCH3 is 1. The van der Waals surface area contributed by atoms with Crippen LogP contribution < -0.4 is 4.74 Å². The highest BCUT2D eigenvalue weighted by Crippen LogP contribution is 2.26. The van der Waals surface area contributed by atoms with Crippen LogP contribution in [-0.4, -0.2) is 33.2 Å². The third-order valence-corrected chi connectivity index (χ3v) is 4.53. The fourth-order valence-corrected chi connectivity index (χ4v) is 3.67. The molecule has 3 rings (SSSR count). The summed E-state index contributed by atoms with van der Waals surface area (Å²) < 4.78 is 7.42. The van der Waals surface area contributed by atoms with Crippen LogP contribution in [0.25, 0.3) is 5.65 Å². The zero-order chi connectivity index (χ0) is 12.4. The smallest absolute Gasteiger partial charge is 0.200 e. The van der Waals surface area contributed by atoms with Crippen LogP contribution in [0.4, 0.5) is 0 Å². The van der Waals surface area contributed by atoms with E-state index in [1.807, 2.05) is 22.6 Å². The molecule has 4 nitrogen and oxygen atoms in total. The first-order chi connectivity index (χ1) is 8.88. The molecule has 18 heavy (non-hydrogen) atoms. The molecule has 5 heteroatoms. The Kier molecular flexibility index (Phi) is 3.41. The highest BCUT2D eigenvalue weighted by atomic mass is 32.2. The van der Waals surface area contributed by atoms with Crippen LogP contribution >= 0.6 is 11.8 Å². The van der Waals surface area contributed by atoms with Crippen LogP contribution in [0.5, 0.6) is 5.88 Å². The van der Waals surface area contributed by atoms with Gasteiger partial charge in [-0.15, -0.1) is 10.2 Å². The number of aromatic nitrogens is 3. The lowest BCUT2D eigenvalue weighted by molar-refractivity contribution is 0.386. The Hall–Kier alpha value is -1.23. The van der Waals surface area contributed by atoms with Crippen molar-refractivity contribution in [3.05, 3.63) is 24.0 Å². The first-order valence-electron chi connectivity index (χ1n) is 6.33. The third-order valence-electron chi connectivity index (χ3n) is 3.48. The minimum Gasteiger partial charge on any atom is -0.482 e. The summed E-state index contributed by atoms with van der Waals surface area (Å²) in [5.74, 6) is 5.14. The molecule has 0 saturated carbocycles. The van der Waals surface area contributed by atoms with Crippen LogP contribution in [0, 0.1) is 5.92 Å². The van der Waals surface area contributed by atoms with Gasteiger partial charge in [-0.25, -0.2) is 4.40 Å². The fourth-order valence-electron chi connectivity index (χ4n) is 2.47. The molecule has 1 aliphatic heterocycles. The summed E-state index contributed by atoms with van der Waals surface area (Å²) in [4.78, 5) is 0. The highest BCUT2D eigenvalue weighted by Gasteiger charge is 2.18. The topological polar surface area (TPSA) is 39.4 Å². The molecule has 0 radical (unpaired) electrons. The van der Waals surface area contributed by atoms with E-state index in [0.717, 1.165) is 29.7 Å². The number of pyridine rings is 1. The molecule has 3 heterocycles. The number of nitrogens with zero attached hydrogens (tertiary/aromatic N) is 3. The quantitative estimate of drug-likeness (QED) is 0.852. The summed E-state index contributed by atoms with van der Waals surface area (Å²) in [6.45, 7) is 0. The highest BCUT2D eigenvalue weighted by molar-refractivity contribution is 7.99. The van der Waals surface area contributed by atoms with Gasteiger partial charge >= 0.3 is 0 Å². The first-order valence-corrected chi connectivity index (χ1v) is 7.48. The minimum absolute atomic E-state index is 0.739. The van der Waals surface area contributed by atoms with Crippen molar-refractivity contribution in [2.45, 2.75) is 19.3 Å². The maximum Gasteiger partial charge on any atom is 0.200 e. The Morgan fingerprint density at radius 3 is 2.94 bits per heavy atom. The van der Waals surface area contributed by atoms with Crippen molar-refractivity contribution in [3.8, 4) is 5.88 Å². The molecule has 0 spiro atoms. The van der Waals surface area contributed by atoms with Crippen molar-refractivity contribution in [1.29, 1.82) is 0 Å². The Morgan fingerprint density at radius 1 is 1.33 bits per heavy atom. The van der Waals surface area contributed by atoms with E-state index in [9.17, 15) is 0 Å². The molecule has 0 aromatic carbocycles. The zero-order valence-electron chi connectivity index (χ0n) is 10.5. The Balaban J connectivity index is 1.91. The number of rotatable bonds is 3. The van der Waals surface area contributed by atoms with Crippen LogP contribution in [0.3, 0.4) is 0 Å². The summed E-state index contributed by atoms with van der Waals surface area (Å²) in [5, 5.41) is 8.54.